The van der Waals surface area contributed by atoms with Crippen LogP contribution in [0.3, 0.4) is 0 Å². The minimum Gasteiger partial charge on any atom is -0.494 e. The molecule has 1 heterocycles. The zero-order valence-corrected chi connectivity index (χ0v) is 15.4. The molecule has 3 rings (SSSR count). The summed E-state index contributed by atoms with van der Waals surface area (Å²) < 4.78 is 5.78. The molecular formula is C21H24N2O3. The summed E-state index contributed by atoms with van der Waals surface area (Å²) in [6.07, 6.45) is 0.709. The van der Waals surface area contributed by atoms with Gasteiger partial charge in [-0.2, -0.15) is 0 Å². The van der Waals surface area contributed by atoms with Gasteiger partial charge in [-0.05, 0) is 43.5 Å². The van der Waals surface area contributed by atoms with Crippen molar-refractivity contribution in [3.8, 4) is 5.75 Å². The van der Waals surface area contributed by atoms with Gasteiger partial charge in [-0.3, -0.25) is 9.59 Å². The molecule has 5 nitrogen and oxygen atoms in total. The minimum absolute atomic E-state index is 0.0833. The summed E-state index contributed by atoms with van der Waals surface area (Å²) in [6, 6.07) is 13.1. The fourth-order valence-electron chi connectivity index (χ4n) is 3.36. The molecule has 26 heavy (non-hydrogen) atoms. The molecule has 1 aliphatic rings. The van der Waals surface area contributed by atoms with E-state index < -0.39 is 6.04 Å². The van der Waals surface area contributed by atoms with Crippen LogP contribution in [0.2, 0.25) is 0 Å². The van der Waals surface area contributed by atoms with E-state index in [1.807, 2.05) is 56.3 Å². The van der Waals surface area contributed by atoms with Crippen molar-refractivity contribution in [3.05, 3.63) is 59.2 Å². The summed E-state index contributed by atoms with van der Waals surface area (Å²) in [5, 5.41) is 2.77. The van der Waals surface area contributed by atoms with Crippen LogP contribution in [-0.4, -0.2) is 25.0 Å². The van der Waals surface area contributed by atoms with Gasteiger partial charge in [-0.15, -0.1) is 0 Å². The number of ether oxygens (including phenoxy) is 1. The third-order valence-electron chi connectivity index (χ3n) is 4.49. The summed E-state index contributed by atoms with van der Waals surface area (Å²) in [5.74, 6) is 0.547. The number of hydrogen-bond donors (Lipinski definition) is 1. The molecule has 0 bridgehead atoms. The normalized spacial score (nSPS) is 15.7. The molecule has 0 radical (unpaired) electrons. The van der Waals surface area contributed by atoms with Crippen LogP contribution < -0.4 is 15.0 Å². The molecule has 2 aromatic carbocycles. The van der Waals surface area contributed by atoms with Crippen molar-refractivity contribution in [1.29, 1.82) is 0 Å². The number of carbonyl (C=O) groups excluding carboxylic acids is 2. The maximum absolute atomic E-state index is 12.8. The van der Waals surface area contributed by atoms with Crippen LogP contribution in [0, 0.1) is 13.8 Å². The molecular weight excluding hydrogens is 328 g/mol. The first kappa shape index (κ1) is 18.0. The Morgan fingerprint density at radius 2 is 1.96 bits per heavy atom. The van der Waals surface area contributed by atoms with E-state index >= 15 is 0 Å². The highest BCUT2D eigenvalue weighted by atomic mass is 16.5. The van der Waals surface area contributed by atoms with Crippen LogP contribution in [-0.2, 0) is 9.59 Å². The van der Waals surface area contributed by atoms with Crippen molar-refractivity contribution in [2.45, 2.75) is 33.2 Å². The number of nitrogens with zero attached hydrogens (tertiary/aromatic N) is 1. The molecule has 0 saturated carbocycles. The molecule has 5 heteroatoms. The lowest BCUT2D eigenvalue weighted by Gasteiger charge is -2.19. The molecule has 0 fully saturated rings. The first-order valence-corrected chi connectivity index (χ1v) is 8.85. The second kappa shape index (κ2) is 7.60. The van der Waals surface area contributed by atoms with E-state index in [2.05, 4.69) is 5.32 Å². The third-order valence-corrected chi connectivity index (χ3v) is 4.49. The van der Waals surface area contributed by atoms with E-state index in [9.17, 15) is 9.59 Å². The summed E-state index contributed by atoms with van der Waals surface area (Å²) in [5.41, 5.74) is 3.96. The van der Waals surface area contributed by atoms with E-state index in [1.165, 1.54) is 6.92 Å². The topological polar surface area (TPSA) is 58.6 Å². The number of rotatable bonds is 6. The predicted molar refractivity (Wildman–Crippen MR) is 101 cm³/mol. The van der Waals surface area contributed by atoms with E-state index in [1.54, 1.807) is 4.90 Å². The van der Waals surface area contributed by atoms with Gasteiger partial charge < -0.3 is 15.0 Å². The van der Waals surface area contributed by atoms with Gasteiger partial charge in [0.15, 0.2) is 0 Å². The van der Waals surface area contributed by atoms with E-state index in [0.717, 1.165) is 28.1 Å². The van der Waals surface area contributed by atoms with E-state index in [-0.39, 0.29) is 11.8 Å². The molecule has 2 aromatic rings. The Balaban J connectivity index is 1.68. The molecule has 0 aliphatic carbocycles. The highest BCUT2D eigenvalue weighted by molar-refractivity contribution is 6.06. The zero-order chi connectivity index (χ0) is 18.7. The predicted octanol–water partition coefficient (Wildman–Crippen LogP) is 3.30. The standard InChI is InChI=1S/C21H24N2O3/c1-14-7-4-9-17(13-14)26-12-6-11-23-20-15(2)8-5-10-18(20)19(21(23)25)22-16(3)24/h4-5,7-10,13,19H,6,11-12H2,1-3H3,(H,22,24). The molecule has 0 aromatic heterocycles. The van der Waals surface area contributed by atoms with Crippen molar-refractivity contribution in [2.24, 2.45) is 0 Å². The molecule has 0 saturated heterocycles. The number of carbonyl (C=O) groups is 2. The average Bonchev–Trinajstić information content (AvgIpc) is 2.85. The fraction of sp³-hybridized carbons (Fsp3) is 0.333. The Morgan fingerprint density at radius 1 is 1.19 bits per heavy atom. The molecule has 1 unspecified atom stereocenters. The first-order valence-electron chi connectivity index (χ1n) is 8.85. The summed E-state index contributed by atoms with van der Waals surface area (Å²) in [6.45, 7) is 6.52. The number of anilines is 1. The highest BCUT2D eigenvalue weighted by Crippen LogP contribution is 2.38. The first-order chi connectivity index (χ1) is 12.5. The third kappa shape index (κ3) is 3.72. The second-order valence-electron chi connectivity index (χ2n) is 6.65. The fourth-order valence-corrected chi connectivity index (χ4v) is 3.36. The quantitative estimate of drug-likeness (QED) is 0.812. The molecule has 0 spiro atoms. The van der Waals surface area contributed by atoms with Crippen molar-refractivity contribution < 1.29 is 14.3 Å². The lowest BCUT2D eigenvalue weighted by Crippen LogP contribution is -2.37. The Bertz CT molecular complexity index is 832. The molecule has 1 aliphatic heterocycles. The zero-order valence-electron chi connectivity index (χ0n) is 15.4. The number of amides is 2. The lowest BCUT2D eigenvalue weighted by molar-refractivity contribution is -0.126. The summed E-state index contributed by atoms with van der Waals surface area (Å²) in [7, 11) is 0. The van der Waals surface area contributed by atoms with Gasteiger partial charge in [0.1, 0.15) is 11.8 Å². The van der Waals surface area contributed by atoms with Gasteiger partial charge >= 0.3 is 0 Å². The Morgan fingerprint density at radius 3 is 2.69 bits per heavy atom. The van der Waals surface area contributed by atoms with Crippen molar-refractivity contribution in [3.63, 3.8) is 0 Å². The van der Waals surface area contributed by atoms with Gasteiger partial charge in [0.25, 0.3) is 5.91 Å². The van der Waals surface area contributed by atoms with Gasteiger partial charge in [0.2, 0.25) is 5.91 Å². The van der Waals surface area contributed by atoms with Gasteiger partial charge in [0, 0.05) is 19.0 Å². The number of aryl methyl sites for hydroxylation is 2. The van der Waals surface area contributed by atoms with Gasteiger partial charge in [-0.1, -0.05) is 30.3 Å². The average molecular weight is 352 g/mol. The van der Waals surface area contributed by atoms with Crippen LogP contribution >= 0.6 is 0 Å². The SMILES string of the molecule is CC(=O)NC1C(=O)N(CCCOc2cccc(C)c2)c2c(C)cccc21. The molecule has 1 atom stereocenters. The van der Waals surface area contributed by atoms with Crippen LogP contribution in [0.25, 0.3) is 0 Å². The Kier molecular flexibility index (Phi) is 5.26. The smallest absolute Gasteiger partial charge is 0.254 e. The highest BCUT2D eigenvalue weighted by Gasteiger charge is 2.38. The number of para-hydroxylation sites is 1. The van der Waals surface area contributed by atoms with Crippen LogP contribution in [0.4, 0.5) is 5.69 Å². The number of hydrogen-bond acceptors (Lipinski definition) is 3. The number of benzene rings is 2. The summed E-state index contributed by atoms with van der Waals surface area (Å²) in [4.78, 5) is 26.1. The summed E-state index contributed by atoms with van der Waals surface area (Å²) >= 11 is 0. The Hall–Kier alpha value is -2.82. The van der Waals surface area contributed by atoms with Crippen LogP contribution in [0.5, 0.6) is 5.75 Å². The molecule has 1 N–H and O–H groups in total. The maximum Gasteiger partial charge on any atom is 0.254 e. The minimum atomic E-state index is -0.597. The van der Waals surface area contributed by atoms with Crippen molar-refractivity contribution in [2.75, 3.05) is 18.1 Å². The van der Waals surface area contributed by atoms with Crippen molar-refractivity contribution >= 4 is 17.5 Å². The lowest BCUT2D eigenvalue weighted by atomic mass is 10.1. The van der Waals surface area contributed by atoms with E-state index in [0.29, 0.717) is 19.6 Å². The Labute approximate surface area is 154 Å². The molecule has 2 amide bonds. The van der Waals surface area contributed by atoms with Gasteiger partial charge in [0.05, 0.1) is 12.3 Å². The van der Waals surface area contributed by atoms with Gasteiger partial charge in [-0.25, -0.2) is 0 Å². The number of fused-ring (bicyclic) bond motifs is 1. The largest absolute Gasteiger partial charge is 0.494 e. The monoisotopic (exact) mass is 352 g/mol. The van der Waals surface area contributed by atoms with Crippen molar-refractivity contribution in [1.82, 2.24) is 5.32 Å². The van der Waals surface area contributed by atoms with Crippen LogP contribution in [0.1, 0.15) is 36.1 Å². The second-order valence-corrected chi connectivity index (χ2v) is 6.65. The maximum atomic E-state index is 12.8. The van der Waals surface area contributed by atoms with E-state index in [4.69, 9.17) is 4.74 Å². The number of nitrogens with one attached hydrogen (secondary N) is 1. The molecule has 136 valence electrons. The van der Waals surface area contributed by atoms with Crippen LogP contribution in [0.15, 0.2) is 42.5 Å².